The van der Waals surface area contributed by atoms with E-state index in [1.165, 1.54) is 12.3 Å². The molecule has 1 atom stereocenters. The predicted octanol–water partition coefficient (Wildman–Crippen LogP) is 1.36. The number of carbonyl (C=O) groups is 1. The standard InChI is InChI=1S/C17H19N3O4/c1-10-8-13(11-4-2-6-18-9-11)24-17(23)14(10)16(22)20-12-5-3-7-19-15(12)21/h3,5,7-8,11,18H,2,4,6,9H2,1H3,(H,19,21)(H,20,22). The highest BCUT2D eigenvalue weighted by molar-refractivity contribution is 6.04. The number of hydrogen-bond donors (Lipinski definition) is 3. The Bertz CT molecular complexity index is 863. The third-order valence-corrected chi connectivity index (χ3v) is 4.16. The summed E-state index contributed by atoms with van der Waals surface area (Å²) in [6.45, 7) is 3.42. The van der Waals surface area contributed by atoms with Crippen molar-refractivity contribution >= 4 is 11.6 Å². The summed E-state index contributed by atoms with van der Waals surface area (Å²) in [4.78, 5) is 38.7. The van der Waals surface area contributed by atoms with Gasteiger partial charge in [0.15, 0.2) is 0 Å². The summed E-state index contributed by atoms with van der Waals surface area (Å²) in [5.41, 5.74) is -0.567. The molecule has 0 spiro atoms. The van der Waals surface area contributed by atoms with Gasteiger partial charge in [0.2, 0.25) is 0 Å². The van der Waals surface area contributed by atoms with Crippen LogP contribution in [0.3, 0.4) is 0 Å². The Balaban J connectivity index is 1.88. The van der Waals surface area contributed by atoms with Crippen LogP contribution in [0, 0.1) is 6.92 Å². The van der Waals surface area contributed by atoms with E-state index in [0.717, 1.165) is 25.9 Å². The van der Waals surface area contributed by atoms with Crippen molar-refractivity contribution in [3.63, 3.8) is 0 Å². The number of H-pyrrole nitrogens is 1. The number of aromatic amines is 1. The summed E-state index contributed by atoms with van der Waals surface area (Å²) < 4.78 is 5.38. The van der Waals surface area contributed by atoms with E-state index in [1.54, 1.807) is 19.1 Å². The molecule has 1 aliphatic heterocycles. The first-order valence-electron chi connectivity index (χ1n) is 7.90. The van der Waals surface area contributed by atoms with Crippen LogP contribution in [0.4, 0.5) is 5.69 Å². The van der Waals surface area contributed by atoms with E-state index < -0.39 is 17.1 Å². The van der Waals surface area contributed by atoms with Crippen LogP contribution in [-0.2, 0) is 0 Å². The van der Waals surface area contributed by atoms with Gasteiger partial charge in [-0.05, 0) is 50.1 Å². The maximum atomic E-state index is 12.4. The molecule has 7 nitrogen and oxygen atoms in total. The highest BCUT2D eigenvalue weighted by Gasteiger charge is 2.22. The van der Waals surface area contributed by atoms with Crippen LogP contribution >= 0.6 is 0 Å². The molecule has 3 N–H and O–H groups in total. The molecule has 0 saturated carbocycles. The smallest absolute Gasteiger partial charge is 0.349 e. The molecule has 7 heteroatoms. The second kappa shape index (κ2) is 6.84. The van der Waals surface area contributed by atoms with Crippen molar-refractivity contribution in [2.45, 2.75) is 25.7 Å². The number of nitrogens with one attached hydrogen (secondary N) is 3. The molecule has 2 aromatic heterocycles. The summed E-state index contributed by atoms with van der Waals surface area (Å²) in [5, 5.41) is 5.72. The van der Waals surface area contributed by atoms with Gasteiger partial charge in [-0.2, -0.15) is 0 Å². The lowest BCUT2D eigenvalue weighted by Gasteiger charge is -2.22. The Morgan fingerprint density at radius 1 is 1.38 bits per heavy atom. The van der Waals surface area contributed by atoms with Crippen LogP contribution in [0.2, 0.25) is 0 Å². The van der Waals surface area contributed by atoms with E-state index in [4.69, 9.17) is 4.42 Å². The molecular weight excluding hydrogens is 310 g/mol. The Kier molecular flexibility index (Phi) is 4.61. The number of anilines is 1. The number of aromatic nitrogens is 1. The Morgan fingerprint density at radius 3 is 2.88 bits per heavy atom. The fraction of sp³-hybridized carbons (Fsp3) is 0.353. The number of rotatable bonds is 3. The van der Waals surface area contributed by atoms with Gasteiger partial charge in [0, 0.05) is 18.7 Å². The minimum Gasteiger partial charge on any atom is -0.427 e. The minimum absolute atomic E-state index is 0.0780. The van der Waals surface area contributed by atoms with Gasteiger partial charge in [0.05, 0.1) is 0 Å². The minimum atomic E-state index is -0.680. The lowest BCUT2D eigenvalue weighted by molar-refractivity contribution is 0.102. The quantitative estimate of drug-likeness (QED) is 0.788. The summed E-state index contributed by atoms with van der Waals surface area (Å²) in [7, 11) is 0. The fourth-order valence-electron chi connectivity index (χ4n) is 2.91. The van der Waals surface area contributed by atoms with Gasteiger partial charge < -0.3 is 20.0 Å². The average Bonchev–Trinajstić information content (AvgIpc) is 2.57. The van der Waals surface area contributed by atoms with Crippen molar-refractivity contribution in [2.75, 3.05) is 18.4 Å². The molecule has 3 rings (SSSR count). The van der Waals surface area contributed by atoms with Crippen molar-refractivity contribution in [3.05, 3.63) is 62.1 Å². The normalized spacial score (nSPS) is 17.5. The molecule has 1 amide bonds. The lowest BCUT2D eigenvalue weighted by atomic mass is 9.95. The van der Waals surface area contributed by atoms with Gasteiger partial charge in [-0.25, -0.2) is 4.79 Å². The van der Waals surface area contributed by atoms with Gasteiger partial charge in [-0.1, -0.05) is 0 Å². The average molecular weight is 329 g/mol. The van der Waals surface area contributed by atoms with Gasteiger partial charge in [-0.15, -0.1) is 0 Å². The molecule has 0 aromatic carbocycles. The zero-order valence-corrected chi connectivity index (χ0v) is 13.3. The largest absolute Gasteiger partial charge is 0.427 e. The van der Waals surface area contributed by atoms with Crippen LogP contribution in [0.1, 0.15) is 40.4 Å². The molecule has 1 fully saturated rings. The van der Waals surface area contributed by atoms with E-state index in [9.17, 15) is 14.4 Å². The van der Waals surface area contributed by atoms with Gasteiger partial charge in [-0.3, -0.25) is 9.59 Å². The van der Waals surface area contributed by atoms with E-state index in [-0.39, 0.29) is 17.2 Å². The summed E-state index contributed by atoms with van der Waals surface area (Å²) in [6, 6.07) is 4.80. The zero-order valence-electron chi connectivity index (χ0n) is 13.3. The van der Waals surface area contributed by atoms with E-state index in [1.807, 2.05) is 0 Å². The molecule has 126 valence electrons. The van der Waals surface area contributed by atoms with Crippen LogP contribution in [0.15, 0.2) is 38.4 Å². The maximum absolute atomic E-state index is 12.4. The van der Waals surface area contributed by atoms with Gasteiger partial charge in [0.1, 0.15) is 17.0 Å². The van der Waals surface area contributed by atoms with Crippen LogP contribution < -0.4 is 21.8 Å². The van der Waals surface area contributed by atoms with Crippen LogP contribution in [0.5, 0.6) is 0 Å². The van der Waals surface area contributed by atoms with Crippen molar-refractivity contribution in [2.24, 2.45) is 0 Å². The Morgan fingerprint density at radius 2 is 2.21 bits per heavy atom. The Hall–Kier alpha value is -2.67. The molecule has 1 unspecified atom stereocenters. The highest BCUT2D eigenvalue weighted by Crippen LogP contribution is 2.23. The number of piperidine rings is 1. The van der Waals surface area contributed by atoms with E-state index >= 15 is 0 Å². The third kappa shape index (κ3) is 3.30. The summed E-state index contributed by atoms with van der Waals surface area (Å²) in [6.07, 6.45) is 3.43. The fourth-order valence-corrected chi connectivity index (χ4v) is 2.91. The van der Waals surface area contributed by atoms with Gasteiger partial charge >= 0.3 is 5.63 Å². The van der Waals surface area contributed by atoms with E-state index in [2.05, 4.69) is 15.6 Å². The molecule has 0 radical (unpaired) electrons. The molecule has 3 heterocycles. The molecule has 1 aliphatic rings. The SMILES string of the molecule is Cc1cc(C2CCCNC2)oc(=O)c1C(=O)Nc1ccc[nH]c1=O. The predicted molar refractivity (Wildman–Crippen MR) is 89.6 cm³/mol. The number of amides is 1. The number of hydrogen-bond acceptors (Lipinski definition) is 5. The highest BCUT2D eigenvalue weighted by atomic mass is 16.4. The first kappa shape index (κ1) is 16.2. The first-order chi connectivity index (χ1) is 11.6. The summed E-state index contributed by atoms with van der Waals surface area (Å²) >= 11 is 0. The van der Waals surface area contributed by atoms with Crippen molar-refractivity contribution < 1.29 is 9.21 Å². The van der Waals surface area contributed by atoms with Crippen LogP contribution in [-0.4, -0.2) is 24.0 Å². The third-order valence-electron chi connectivity index (χ3n) is 4.16. The Labute approximate surface area is 138 Å². The van der Waals surface area contributed by atoms with Crippen LogP contribution in [0.25, 0.3) is 0 Å². The molecule has 1 saturated heterocycles. The lowest BCUT2D eigenvalue weighted by Crippen LogP contribution is -2.30. The molecule has 0 aliphatic carbocycles. The molecule has 0 bridgehead atoms. The van der Waals surface area contributed by atoms with Crippen molar-refractivity contribution in [1.82, 2.24) is 10.3 Å². The number of carbonyl (C=O) groups excluding carboxylic acids is 1. The maximum Gasteiger partial charge on any atom is 0.349 e. The second-order valence-corrected chi connectivity index (χ2v) is 5.90. The van der Waals surface area contributed by atoms with Crippen molar-refractivity contribution in [3.8, 4) is 0 Å². The monoisotopic (exact) mass is 329 g/mol. The topological polar surface area (TPSA) is 104 Å². The van der Waals surface area contributed by atoms with Gasteiger partial charge in [0.25, 0.3) is 11.5 Å². The summed E-state index contributed by atoms with van der Waals surface area (Å²) in [5.74, 6) is 0.0873. The second-order valence-electron chi connectivity index (χ2n) is 5.90. The number of pyridine rings is 1. The number of aryl methyl sites for hydroxylation is 1. The zero-order chi connectivity index (χ0) is 17.1. The molecule has 2 aromatic rings. The molecule has 24 heavy (non-hydrogen) atoms. The van der Waals surface area contributed by atoms with E-state index in [0.29, 0.717) is 11.3 Å². The van der Waals surface area contributed by atoms with Crippen molar-refractivity contribution in [1.29, 1.82) is 0 Å². The first-order valence-corrected chi connectivity index (χ1v) is 7.90. The molecular formula is C17H19N3O4.